The predicted molar refractivity (Wildman–Crippen MR) is 55.6 cm³/mol. The van der Waals surface area contributed by atoms with E-state index in [9.17, 15) is 23.4 Å². The lowest BCUT2D eigenvalue weighted by Crippen LogP contribution is -2.06. The average molecular weight is 258 g/mol. The molecular weight excluding hydrogens is 252 g/mol. The highest BCUT2D eigenvalue weighted by Gasteiger charge is 2.18. The first-order chi connectivity index (χ1) is 7.79. The van der Waals surface area contributed by atoms with Crippen molar-refractivity contribution in [2.24, 2.45) is 0 Å². The van der Waals surface area contributed by atoms with Crippen molar-refractivity contribution in [2.75, 3.05) is 0 Å². The Labute approximate surface area is 94.3 Å². The second-order valence-corrected chi connectivity index (χ2v) is 4.63. The topological polar surface area (TPSA) is 125 Å². The summed E-state index contributed by atoms with van der Waals surface area (Å²) in [6, 6.07) is 2.33. The molecule has 8 heteroatoms. The van der Waals surface area contributed by atoms with Crippen LogP contribution in [-0.2, 0) is 10.1 Å². The Bertz CT molecular complexity index is 757. The normalized spacial score (nSPS) is 11.8. The number of rotatable bonds is 1. The maximum atomic E-state index is 11.1. The molecule has 17 heavy (non-hydrogen) atoms. The van der Waals surface area contributed by atoms with Crippen LogP contribution in [-0.4, -0.2) is 23.2 Å². The van der Waals surface area contributed by atoms with Gasteiger partial charge in [0.15, 0.2) is 11.5 Å². The van der Waals surface area contributed by atoms with Crippen LogP contribution in [0.4, 0.5) is 0 Å². The molecule has 0 spiro atoms. The molecule has 0 amide bonds. The minimum absolute atomic E-state index is 0.206. The van der Waals surface area contributed by atoms with Crippen molar-refractivity contribution in [2.45, 2.75) is 4.90 Å². The fourth-order valence-corrected chi connectivity index (χ4v) is 2.05. The minimum atomic E-state index is -4.63. The summed E-state index contributed by atoms with van der Waals surface area (Å²) in [5.74, 6) is -1.18. The van der Waals surface area contributed by atoms with Gasteiger partial charge < -0.3 is 14.6 Å². The van der Waals surface area contributed by atoms with Crippen molar-refractivity contribution in [1.82, 2.24) is 0 Å². The van der Waals surface area contributed by atoms with Crippen molar-refractivity contribution in [3.8, 4) is 11.5 Å². The summed E-state index contributed by atoms with van der Waals surface area (Å²) in [6.07, 6.45) is 0. The van der Waals surface area contributed by atoms with Gasteiger partial charge in [0.05, 0.1) is 0 Å². The number of phenolic OH excluding ortho intramolecular Hbond substituents is 2. The molecule has 1 aromatic carbocycles. The SMILES string of the molecule is O=c1cc(S(=O)(=O)O)c2cc(O)c(O)cc2o1. The zero-order chi connectivity index (χ0) is 12.8. The summed E-state index contributed by atoms with van der Waals surface area (Å²) in [4.78, 5) is 10.4. The highest BCUT2D eigenvalue weighted by atomic mass is 32.2. The van der Waals surface area contributed by atoms with Crippen LogP contribution >= 0.6 is 0 Å². The molecule has 2 rings (SSSR count). The van der Waals surface area contributed by atoms with Gasteiger partial charge >= 0.3 is 5.63 Å². The first kappa shape index (κ1) is 11.4. The molecule has 3 N–H and O–H groups in total. The van der Waals surface area contributed by atoms with Crippen molar-refractivity contribution in [3.05, 3.63) is 28.6 Å². The Kier molecular flexibility index (Phi) is 2.33. The molecule has 7 nitrogen and oxygen atoms in total. The molecule has 0 saturated heterocycles. The maximum absolute atomic E-state index is 11.1. The van der Waals surface area contributed by atoms with Crippen molar-refractivity contribution < 1.29 is 27.6 Å². The predicted octanol–water partition coefficient (Wildman–Crippen LogP) is 0.451. The molecule has 0 atom stereocenters. The van der Waals surface area contributed by atoms with E-state index in [0.717, 1.165) is 12.1 Å². The van der Waals surface area contributed by atoms with Crippen LogP contribution in [0.25, 0.3) is 11.0 Å². The van der Waals surface area contributed by atoms with Crippen LogP contribution in [0.1, 0.15) is 0 Å². The van der Waals surface area contributed by atoms with Gasteiger partial charge in [-0.25, -0.2) is 4.79 Å². The van der Waals surface area contributed by atoms with Gasteiger partial charge in [-0.1, -0.05) is 0 Å². The van der Waals surface area contributed by atoms with E-state index in [1.54, 1.807) is 0 Å². The molecule has 0 unspecified atom stereocenters. The van der Waals surface area contributed by atoms with Gasteiger partial charge in [-0.15, -0.1) is 0 Å². The fourth-order valence-electron chi connectivity index (χ4n) is 1.37. The first-order valence-electron chi connectivity index (χ1n) is 4.26. The number of hydrogen-bond acceptors (Lipinski definition) is 6. The van der Waals surface area contributed by atoms with E-state index >= 15 is 0 Å². The molecule has 0 saturated carbocycles. The molecule has 1 heterocycles. The summed E-state index contributed by atoms with van der Waals surface area (Å²) in [7, 11) is -4.63. The second kappa shape index (κ2) is 3.47. The molecule has 90 valence electrons. The zero-order valence-electron chi connectivity index (χ0n) is 8.11. The third kappa shape index (κ3) is 1.95. The summed E-state index contributed by atoms with van der Waals surface area (Å²) in [5.41, 5.74) is -1.27. The third-order valence-corrected chi connectivity index (χ3v) is 2.97. The van der Waals surface area contributed by atoms with Crippen LogP contribution < -0.4 is 5.63 Å². The fraction of sp³-hybridized carbons (Fsp3) is 0. The quantitative estimate of drug-likeness (QED) is 0.385. The van der Waals surface area contributed by atoms with E-state index in [-0.39, 0.29) is 11.0 Å². The number of fused-ring (bicyclic) bond motifs is 1. The van der Waals surface area contributed by atoms with Gasteiger partial charge in [0.25, 0.3) is 10.1 Å². The van der Waals surface area contributed by atoms with E-state index in [0.29, 0.717) is 6.07 Å². The Balaban J connectivity index is 3.04. The Morgan fingerprint density at radius 1 is 1.06 bits per heavy atom. The van der Waals surface area contributed by atoms with Crippen molar-refractivity contribution in [3.63, 3.8) is 0 Å². The van der Waals surface area contributed by atoms with Gasteiger partial charge in [0.2, 0.25) is 0 Å². The van der Waals surface area contributed by atoms with E-state index in [1.165, 1.54) is 0 Å². The molecular formula is C9H6O7S. The van der Waals surface area contributed by atoms with E-state index in [4.69, 9.17) is 4.55 Å². The number of phenols is 2. The van der Waals surface area contributed by atoms with Crippen molar-refractivity contribution in [1.29, 1.82) is 0 Å². The molecule has 0 aliphatic rings. The van der Waals surface area contributed by atoms with E-state index in [2.05, 4.69) is 4.42 Å². The van der Waals surface area contributed by atoms with Gasteiger partial charge in [0, 0.05) is 17.5 Å². The van der Waals surface area contributed by atoms with Gasteiger partial charge in [-0.2, -0.15) is 8.42 Å². The van der Waals surface area contributed by atoms with Crippen LogP contribution in [0.5, 0.6) is 11.5 Å². The van der Waals surface area contributed by atoms with E-state index in [1.807, 2.05) is 0 Å². The largest absolute Gasteiger partial charge is 0.504 e. The lowest BCUT2D eigenvalue weighted by atomic mass is 10.2. The summed E-state index contributed by atoms with van der Waals surface area (Å²) in [6.45, 7) is 0. The molecule has 0 aliphatic carbocycles. The van der Waals surface area contributed by atoms with Gasteiger partial charge in [0.1, 0.15) is 10.5 Å². The zero-order valence-corrected chi connectivity index (χ0v) is 8.93. The molecule has 0 bridgehead atoms. The summed E-state index contributed by atoms with van der Waals surface area (Å²) >= 11 is 0. The van der Waals surface area contributed by atoms with Crippen LogP contribution in [0.2, 0.25) is 0 Å². The molecule has 0 aliphatic heterocycles. The number of aromatic hydroxyl groups is 2. The van der Waals surface area contributed by atoms with Crippen LogP contribution in [0, 0.1) is 0 Å². The van der Waals surface area contributed by atoms with Gasteiger partial charge in [-0.3, -0.25) is 4.55 Å². The molecule has 0 radical (unpaired) electrons. The Morgan fingerprint density at radius 2 is 1.65 bits per heavy atom. The first-order valence-corrected chi connectivity index (χ1v) is 5.70. The third-order valence-electron chi connectivity index (χ3n) is 2.08. The van der Waals surface area contributed by atoms with Crippen LogP contribution in [0.15, 0.2) is 32.3 Å². The molecule has 1 aromatic heterocycles. The van der Waals surface area contributed by atoms with Crippen molar-refractivity contribution >= 4 is 21.1 Å². The maximum Gasteiger partial charge on any atom is 0.337 e. The second-order valence-electron chi connectivity index (χ2n) is 3.24. The monoisotopic (exact) mass is 258 g/mol. The van der Waals surface area contributed by atoms with Gasteiger partial charge in [-0.05, 0) is 6.07 Å². The lowest BCUT2D eigenvalue weighted by molar-refractivity contribution is 0.403. The highest BCUT2D eigenvalue weighted by Crippen LogP contribution is 2.32. The minimum Gasteiger partial charge on any atom is -0.504 e. The summed E-state index contributed by atoms with van der Waals surface area (Å²) < 4.78 is 35.6. The summed E-state index contributed by atoms with van der Waals surface area (Å²) in [5, 5.41) is 18.2. The smallest absolute Gasteiger partial charge is 0.337 e. The average Bonchev–Trinajstić information content (AvgIpc) is 2.18. The number of benzene rings is 1. The molecule has 0 fully saturated rings. The van der Waals surface area contributed by atoms with E-state index < -0.39 is 32.1 Å². The highest BCUT2D eigenvalue weighted by molar-refractivity contribution is 7.86. The number of hydrogen-bond donors (Lipinski definition) is 3. The Morgan fingerprint density at radius 3 is 2.24 bits per heavy atom. The standard InChI is InChI=1S/C9H6O7S/c10-5-1-4-7(2-6(5)11)16-9(12)3-8(4)17(13,14)15/h1-3,10-11H,(H,13,14,15). The van der Waals surface area contributed by atoms with Crippen LogP contribution in [0.3, 0.4) is 0 Å². The molecule has 2 aromatic rings. The Hall–Kier alpha value is -2.06. The lowest BCUT2D eigenvalue weighted by Gasteiger charge is -2.04.